The van der Waals surface area contributed by atoms with Gasteiger partial charge in [0.05, 0.1) is 6.54 Å². The summed E-state index contributed by atoms with van der Waals surface area (Å²) < 4.78 is 0. The van der Waals surface area contributed by atoms with Crippen molar-refractivity contribution in [1.82, 2.24) is 4.90 Å². The SMILES string of the molecule is [C-]#[N+][C@H]1CCN(C)C1. The minimum absolute atomic E-state index is 0.292. The molecule has 2 heteroatoms. The molecule has 1 fully saturated rings. The molecule has 1 atom stereocenters. The number of hydrogen-bond donors (Lipinski definition) is 0. The molecule has 1 saturated heterocycles. The van der Waals surface area contributed by atoms with Crippen molar-refractivity contribution in [3.05, 3.63) is 11.4 Å². The Hall–Kier alpha value is -0.550. The zero-order valence-electron chi connectivity index (χ0n) is 5.09. The van der Waals surface area contributed by atoms with E-state index in [-0.39, 0.29) is 0 Å². The summed E-state index contributed by atoms with van der Waals surface area (Å²) in [5.74, 6) is 0. The van der Waals surface area contributed by atoms with E-state index in [1.165, 1.54) is 0 Å². The first-order valence-corrected chi connectivity index (χ1v) is 2.88. The second-order valence-electron chi connectivity index (χ2n) is 2.33. The highest BCUT2D eigenvalue weighted by atomic mass is 15.1. The van der Waals surface area contributed by atoms with Crippen molar-refractivity contribution >= 4 is 0 Å². The third-order valence-corrected chi connectivity index (χ3v) is 1.55. The van der Waals surface area contributed by atoms with Gasteiger partial charge in [-0.05, 0) is 7.05 Å². The van der Waals surface area contributed by atoms with Crippen LogP contribution in [0.4, 0.5) is 0 Å². The van der Waals surface area contributed by atoms with Gasteiger partial charge in [0, 0.05) is 13.0 Å². The molecular weight excluding hydrogens is 100 g/mol. The molecule has 1 aliphatic heterocycles. The lowest BCUT2D eigenvalue weighted by Gasteiger charge is -2.00. The summed E-state index contributed by atoms with van der Waals surface area (Å²) in [6.07, 6.45) is 1.07. The summed E-state index contributed by atoms with van der Waals surface area (Å²) in [6, 6.07) is 0.292. The average molecular weight is 110 g/mol. The highest BCUT2D eigenvalue weighted by Gasteiger charge is 2.22. The molecule has 1 heterocycles. The first kappa shape index (κ1) is 5.58. The van der Waals surface area contributed by atoms with Gasteiger partial charge in [-0.1, -0.05) is 0 Å². The average Bonchev–Trinajstić information content (AvgIpc) is 2.14. The molecule has 0 saturated carbocycles. The van der Waals surface area contributed by atoms with Gasteiger partial charge in [0.1, 0.15) is 0 Å². The maximum absolute atomic E-state index is 6.69. The Morgan fingerprint density at radius 2 is 2.50 bits per heavy atom. The van der Waals surface area contributed by atoms with E-state index in [1.807, 2.05) is 0 Å². The molecule has 0 aliphatic carbocycles. The zero-order valence-corrected chi connectivity index (χ0v) is 5.09. The van der Waals surface area contributed by atoms with Gasteiger partial charge in [0.2, 0.25) is 6.04 Å². The Kier molecular flexibility index (Phi) is 1.50. The van der Waals surface area contributed by atoms with Crippen LogP contribution in [0.15, 0.2) is 0 Å². The molecule has 0 unspecified atom stereocenters. The topological polar surface area (TPSA) is 7.60 Å². The largest absolute Gasteiger partial charge is 0.312 e. The summed E-state index contributed by atoms with van der Waals surface area (Å²) in [7, 11) is 2.06. The number of nitrogens with zero attached hydrogens (tertiary/aromatic N) is 2. The first-order valence-electron chi connectivity index (χ1n) is 2.88. The van der Waals surface area contributed by atoms with Crippen LogP contribution >= 0.6 is 0 Å². The van der Waals surface area contributed by atoms with Gasteiger partial charge in [0.15, 0.2) is 0 Å². The van der Waals surface area contributed by atoms with Crippen LogP contribution in [0.25, 0.3) is 4.85 Å². The fourth-order valence-corrected chi connectivity index (χ4v) is 1.02. The van der Waals surface area contributed by atoms with Gasteiger partial charge >= 0.3 is 0 Å². The Bertz CT molecular complexity index is 114. The van der Waals surface area contributed by atoms with Crippen LogP contribution < -0.4 is 0 Å². The Morgan fingerprint density at radius 1 is 1.75 bits per heavy atom. The fraction of sp³-hybridized carbons (Fsp3) is 0.833. The highest BCUT2D eigenvalue weighted by Crippen LogP contribution is 2.08. The Balaban J connectivity index is 2.35. The standard InChI is InChI=1S/C6H10N2/c1-7-6-3-4-8(2)5-6/h6H,3-5H2,2H3/t6-/m0/s1. The molecular formula is C6H10N2. The van der Waals surface area contributed by atoms with Crippen molar-refractivity contribution in [2.24, 2.45) is 0 Å². The highest BCUT2D eigenvalue weighted by molar-refractivity contribution is 4.87. The molecule has 0 N–H and O–H groups in total. The van der Waals surface area contributed by atoms with Crippen LogP contribution in [0.2, 0.25) is 0 Å². The van der Waals surface area contributed by atoms with Crippen molar-refractivity contribution < 1.29 is 0 Å². The normalized spacial score (nSPS) is 30.2. The smallest absolute Gasteiger partial charge is 0.237 e. The zero-order chi connectivity index (χ0) is 5.98. The summed E-state index contributed by atoms with van der Waals surface area (Å²) in [6.45, 7) is 8.77. The Morgan fingerprint density at radius 3 is 2.75 bits per heavy atom. The van der Waals surface area contributed by atoms with Gasteiger partial charge < -0.3 is 4.85 Å². The van der Waals surface area contributed by atoms with Gasteiger partial charge in [-0.15, -0.1) is 0 Å². The predicted molar refractivity (Wildman–Crippen MR) is 32.5 cm³/mol. The number of likely N-dealkylation sites (tertiary alicyclic amines) is 1. The van der Waals surface area contributed by atoms with Crippen molar-refractivity contribution in [2.75, 3.05) is 20.1 Å². The molecule has 0 bridgehead atoms. The number of rotatable bonds is 0. The summed E-state index contributed by atoms with van der Waals surface area (Å²) in [5, 5.41) is 0. The minimum Gasteiger partial charge on any atom is -0.312 e. The second kappa shape index (κ2) is 2.15. The lowest BCUT2D eigenvalue weighted by molar-refractivity contribution is 0.416. The van der Waals surface area contributed by atoms with Gasteiger partial charge in [-0.2, -0.15) is 0 Å². The van der Waals surface area contributed by atoms with Crippen molar-refractivity contribution in [3.8, 4) is 0 Å². The molecule has 0 spiro atoms. The van der Waals surface area contributed by atoms with Crippen LogP contribution in [0.1, 0.15) is 6.42 Å². The van der Waals surface area contributed by atoms with E-state index >= 15 is 0 Å². The van der Waals surface area contributed by atoms with E-state index < -0.39 is 0 Å². The summed E-state index contributed by atoms with van der Waals surface area (Å²) >= 11 is 0. The van der Waals surface area contributed by atoms with Crippen molar-refractivity contribution in [3.63, 3.8) is 0 Å². The Labute approximate surface area is 49.9 Å². The molecule has 0 amide bonds. The van der Waals surface area contributed by atoms with E-state index in [0.29, 0.717) is 6.04 Å². The maximum Gasteiger partial charge on any atom is 0.237 e. The van der Waals surface area contributed by atoms with Crippen molar-refractivity contribution in [2.45, 2.75) is 12.5 Å². The van der Waals surface area contributed by atoms with Crippen LogP contribution in [0, 0.1) is 6.57 Å². The third kappa shape index (κ3) is 0.988. The van der Waals surface area contributed by atoms with Gasteiger partial charge in [0.25, 0.3) is 0 Å². The van der Waals surface area contributed by atoms with E-state index in [1.54, 1.807) is 0 Å². The molecule has 1 aliphatic rings. The van der Waals surface area contributed by atoms with Crippen LogP contribution in [0.3, 0.4) is 0 Å². The van der Waals surface area contributed by atoms with E-state index in [9.17, 15) is 0 Å². The van der Waals surface area contributed by atoms with E-state index in [2.05, 4.69) is 16.8 Å². The molecule has 0 aromatic rings. The molecule has 0 aromatic carbocycles. The molecule has 2 nitrogen and oxygen atoms in total. The predicted octanol–water partition coefficient (Wildman–Crippen LogP) is 0.610. The van der Waals surface area contributed by atoms with E-state index in [4.69, 9.17) is 6.57 Å². The first-order chi connectivity index (χ1) is 3.83. The second-order valence-corrected chi connectivity index (χ2v) is 2.33. The molecule has 0 radical (unpaired) electrons. The quantitative estimate of drug-likeness (QED) is 0.414. The summed E-state index contributed by atoms with van der Waals surface area (Å²) in [4.78, 5) is 5.64. The van der Waals surface area contributed by atoms with Gasteiger partial charge in [-0.3, -0.25) is 4.90 Å². The van der Waals surface area contributed by atoms with Crippen LogP contribution in [-0.2, 0) is 0 Å². The van der Waals surface area contributed by atoms with Crippen LogP contribution in [0.5, 0.6) is 0 Å². The number of likely N-dealkylation sites (N-methyl/N-ethyl adjacent to an activating group) is 1. The van der Waals surface area contributed by atoms with Crippen molar-refractivity contribution in [1.29, 1.82) is 0 Å². The molecule has 0 aromatic heterocycles. The van der Waals surface area contributed by atoms with Gasteiger partial charge in [-0.25, -0.2) is 6.57 Å². The minimum atomic E-state index is 0.292. The van der Waals surface area contributed by atoms with E-state index in [0.717, 1.165) is 19.5 Å². The van der Waals surface area contributed by atoms with Crippen LogP contribution in [-0.4, -0.2) is 31.1 Å². The lowest BCUT2D eigenvalue weighted by atomic mass is 10.3. The fourth-order valence-electron chi connectivity index (χ4n) is 1.02. The number of hydrogen-bond acceptors (Lipinski definition) is 1. The molecule has 8 heavy (non-hydrogen) atoms. The third-order valence-electron chi connectivity index (χ3n) is 1.55. The monoisotopic (exact) mass is 110 g/mol. The molecule has 1 rings (SSSR count). The lowest BCUT2D eigenvalue weighted by Crippen LogP contribution is -2.14. The maximum atomic E-state index is 6.69. The molecule has 44 valence electrons. The summed E-state index contributed by atoms with van der Waals surface area (Å²) in [5.41, 5.74) is 0.